The van der Waals surface area contributed by atoms with Crippen LogP contribution in [0.15, 0.2) is 48.5 Å². The first-order valence-electron chi connectivity index (χ1n) is 6.66. The highest BCUT2D eigenvalue weighted by Crippen LogP contribution is 2.11. The Labute approximate surface area is 134 Å². The van der Waals surface area contributed by atoms with Crippen LogP contribution in [0.5, 0.6) is 5.75 Å². The molecule has 0 fully saturated rings. The number of rotatable bonds is 3. The molecule has 0 radical (unpaired) electrons. The van der Waals surface area contributed by atoms with Gasteiger partial charge in [-0.1, -0.05) is 12.1 Å². The largest absolute Gasteiger partial charge is 0.497 e. The van der Waals surface area contributed by atoms with Crippen LogP contribution in [0.2, 0.25) is 0 Å². The first kappa shape index (κ1) is 15.8. The van der Waals surface area contributed by atoms with Crippen molar-refractivity contribution in [1.29, 1.82) is 0 Å². The van der Waals surface area contributed by atoms with Crippen molar-refractivity contribution in [2.75, 3.05) is 12.4 Å². The molecule has 0 aromatic heterocycles. The Bertz CT molecular complexity index is 671. The van der Waals surface area contributed by atoms with Crippen molar-refractivity contribution >= 4 is 28.9 Å². The molecule has 1 amide bonds. The molecule has 0 unspecified atom stereocenters. The maximum Gasteiger partial charge on any atom is 0.269 e. The molecule has 5 nitrogen and oxygen atoms in total. The van der Waals surface area contributed by atoms with Gasteiger partial charge in [-0.25, -0.2) is 0 Å². The molecule has 0 saturated heterocycles. The van der Waals surface area contributed by atoms with Gasteiger partial charge in [-0.15, -0.1) is 0 Å². The lowest BCUT2D eigenvalue weighted by molar-refractivity contribution is 0.0944. The normalized spacial score (nSPS) is 9.73. The van der Waals surface area contributed by atoms with Crippen molar-refractivity contribution in [3.05, 3.63) is 59.7 Å². The summed E-state index contributed by atoms with van der Waals surface area (Å²) in [5.41, 5.74) is 7.69. The number of hydrazine groups is 1. The zero-order chi connectivity index (χ0) is 15.9. The van der Waals surface area contributed by atoms with E-state index in [0.717, 1.165) is 11.3 Å². The third-order valence-corrected chi connectivity index (χ3v) is 3.12. The number of amides is 1. The SMILES string of the molecule is COc1ccc(C(=O)NNC(=S)Nc2cccc(C)c2)cc1. The van der Waals surface area contributed by atoms with E-state index in [1.807, 2.05) is 31.2 Å². The predicted octanol–water partition coefficient (Wildman–Crippen LogP) is 2.64. The summed E-state index contributed by atoms with van der Waals surface area (Å²) in [6, 6.07) is 14.6. The van der Waals surface area contributed by atoms with Gasteiger partial charge in [0, 0.05) is 11.3 Å². The fraction of sp³-hybridized carbons (Fsp3) is 0.125. The molecule has 2 aromatic carbocycles. The number of thiocarbonyl (C=S) groups is 1. The van der Waals surface area contributed by atoms with E-state index >= 15 is 0 Å². The summed E-state index contributed by atoms with van der Waals surface area (Å²) in [5.74, 6) is 0.414. The Balaban J connectivity index is 1.86. The number of carbonyl (C=O) groups is 1. The molecule has 0 aliphatic carbocycles. The first-order valence-corrected chi connectivity index (χ1v) is 7.07. The lowest BCUT2D eigenvalue weighted by atomic mass is 10.2. The average Bonchev–Trinajstić information content (AvgIpc) is 2.52. The van der Waals surface area contributed by atoms with Crippen LogP contribution in [-0.4, -0.2) is 18.1 Å². The number of hydrogen-bond donors (Lipinski definition) is 3. The number of aryl methyl sites for hydroxylation is 1. The zero-order valence-corrected chi connectivity index (χ0v) is 13.2. The number of hydrogen-bond acceptors (Lipinski definition) is 3. The second-order valence-electron chi connectivity index (χ2n) is 4.63. The van der Waals surface area contributed by atoms with E-state index in [1.54, 1.807) is 31.4 Å². The number of nitrogens with one attached hydrogen (secondary N) is 3. The fourth-order valence-electron chi connectivity index (χ4n) is 1.81. The van der Waals surface area contributed by atoms with Gasteiger partial charge in [-0.2, -0.15) is 0 Å². The fourth-order valence-corrected chi connectivity index (χ4v) is 1.98. The third-order valence-electron chi connectivity index (χ3n) is 2.92. The second-order valence-corrected chi connectivity index (χ2v) is 5.04. The molecule has 0 atom stereocenters. The van der Waals surface area contributed by atoms with Crippen LogP contribution in [-0.2, 0) is 0 Å². The summed E-state index contributed by atoms with van der Waals surface area (Å²) < 4.78 is 5.05. The van der Waals surface area contributed by atoms with E-state index in [9.17, 15) is 4.79 Å². The quantitative estimate of drug-likeness (QED) is 0.600. The summed E-state index contributed by atoms with van der Waals surface area (Å²) in [6.07, 6.45) is 0. The van der Waals surface area contributed by atoms with Gasteiger partial charge in [-0.3, -0.25) is 15.6 Å². The van der Waals surface area contributed by atoms with Gasteiger partial charge in [0.1, 0.15) is 5.75 Å². The number of methoxy groups -OCH3 is 1. The van der Waals surface area contributed by atoms with Crippen LogP contribution in [0, 0.1) is 6.92 Å². The van der Waals surface area contributed by atoms with Gasteiger partial charge in [-0.05, 0) is 61.1 Å². The molecule has 0 aliphatic rings. The first-order chi connectivity index (χ1) is 10.6. The third kappa shape index (κ3) is 4.46. The van der Waals surface area contributed by atoms with Gasteiger partial charge < -0.3 is 10.1 Å². The van der Waals surface area contributed by atoms with Crippen molar-refractivity contribution in [1.82, 2.24) is 10.9 Å². The summed E-state index contributed by atoms with van der Waals surface area (Å²) in [7, 11) is 1.58. The van der Waals surface area contributed by atoms with Crippen LogP contribution in [0.4, 0.5) is 5.69 Å². The lowest BCUT2D eigenvalue weighted by Gasteiger charge is -2.12. The predicted molar refractivity (Wildman–Crippen MR) is 91.0 cm³/mol. The van der Waals surface area contributed by atoms with Crippen molar-refractivity contribution in [3.8, 4) is 5.75 Å². The molecule has 0 aliphatic heterocycles. The van der Waals surface area contributed by atoms with Gasteiger partial charge in [0.15, 0.2) is 5.11 Å². The molecule has 0 saturated carbocycles. The van der Waals surface area contributed by atoms with Crippen LogP contribution >= 0.6 is 12.2 Å². The van der Waals surface area contributed by atoms with Gasteiger partial charge >= 0.3 is 0 Å². The summed E-state index contributed by atoms with van der Waals surface area (Å²) in [6.45, 7) is 1.99. The molecular weight excluding hydrogens is 298 g/mol. The molecular formula is C16H17N3O2S. The van der Waals surface area contributed by atoms with E-state index < -0.39 is 0 Å². The van der Waals surface area contributed by atoms with Crippen molar-refractivity contribution < 1.29 is 9.53 Å². The highest BCUT2D eigenvalue weighted by atomic mass is 32.1. The Morgan fingerprint density at radius 1 is 1.09 bits per heavy atom. The topological polar surface area (TPSA) is 62.4 Å². The molecule has 0 bridgehead atoms. The van der Waals surface area contributed by atoms with E-state index in [2.05, 4.69) is 16.2 Å². The van der Waals surface area contributed by atoms with Crippen molar-refractivity contribution in [2.45, 2.75) is 6.92 Å². The van der Waals surface area contributed by atoms with E-state index in [1.165, 1.54) is 0 Å². The number of benzene rings is 2. The van der Waals surface area contributed by atoms with E-state index in [-0.39, 0.29) is 5.91 Å². The maximum absolute atomic E-state index is 12.0. The van der Waals surface area contributed by atoms with Gasteiger partial charge in [0.25, 0.3) is 5.91 Å². The van der Waals surface area contributed by atoms with Crippen molar-refractivity contribution in [3.63, 3.8) is 0 Å². The maximum atomic E-state index is 12.0. The van der Waals surface area contributed by atoms with E-state index in [0.29, 0.717) is 16.4 Å². The van der Waals surface area contributed by atoms with Crippen LogP contribution < -0.4 is 20.9 Å². The summed E-state index contributed by atoms with van der Waals surface area (Å²) in [5, 5.41) is 3.31. The molecule has 0 spiro atoms. The highest BCUT2D eigenvalue weighted by molar-refractivity contribution is 7.80. The Kier molecular flexibility index (Phi) is 5.32. The number of carbonyl (C=O) groups excluding carboxylic acids is 1. The zero-order valence-electron chi connectivity index (χ0n) is 12.3. The Morgan fingerprint density at radius 2 is 1.82 bits per heavy atom. The average molecular weight is 315 g/mol. The van der Waals surface area contributed by atoms with Crippen LogP contribution in [0.1, 0.15) is 15.9 Å². The summed E-state index contributed by atoms with van der Waals surface area (Å²) >= 11 is 5.13. The molecule has 0 heterocycles. The monoisotopic (exact) mass is 315 g/mol. The Hall–Kier alpha value is -2.60. The molecule has 6 heteroatoms. The van der Waals surface area contributed by atoms with Gasteiger partial charge in [0.2, 0.25) is 0 Å². The van der Waals surface area contributed by atoms with Crippen molar-refractivity contribution in [2.24, 2.45) is 0 Å². The minimum Gasteiger partial charge on any atom is -0.497 e. The van der Waals surface area contributed by atoms with Crippen LogP contribution in [0.3, 0.4) is 0 Å². The second kappa shape index (κ2) is 7.42. The summed E-state index contributed by atoms with van der Waals surface area (Å²) in [4.78, 5) is 12.0. The minimum absolute atomic E-state index is 0.281. The van der Waals surface area contributed by atoms with E-state index in [4.69, 9.17) is 17.0 Å². The molecule has 22 heavy (non-hydrogen) atoms. The highest BCUT2D eigenvalue weighted by Gasteiger charge is 2.06. The molecule has 3 N–H and O–H groups in total. The number of ether oxygens (including phenoxy) is 1. The lowest BCUT2D eigenvalue weighted by Crippen LogP contribution is -2.43. The molecule has 2 aromatic rings. The standard InChI is InChI=1S/C16H17N3O2S/c1-11-4-3-5-13(10-11)17-16(22)19-18-15(20)12-6-8-14(21-2)9-7-12/h3-10H,1-2H3,(H,18,20)(H2,17,19,22). The number of anilines is 1. The van der Waals surface area contributed by atoms with Gasteiger partial charge in [0.05, 0.1) is 7.11 Å². The smallest absolute Gasteiger partial charge is 0.269 e. The minimum atomic E-state index is -0.281. The molecule has 114 valence electrons. The Morgan fingerprint density at radius 3 is 2.45 bits per heavy atom. The van der Waals surface area contributed by atoms with Crippen LogP contribution in [0.25, 0.3) is 0 Å². The molecule has 2 rings (SSSR count).